The van der Waals surface area contributed by atoms with Gasteiger partial charge in [0, 0.05) is 18.8 Å². The van der Waals surface area contributed by atoms with Gasteiger partial charge in [-0.05, 0) is 36.4 Å². The van der Waals surface area contributed by atoms with Crippen LogP contribution in [0.2, 0.25) is 0 Å². The molecule has 10 nitrogen and oxygen atoms in total. The molecule has 3 N–H and O–H groups in total. The number of anilines is 1. The number of urea groups is 1. The number of benzene rings is 3. The maximum Gasteiger partial charge on any atom is 0.326 e. The Labute approximate surface area is 245 Å². The zero-order chi connectivity index (χ0) is 29.6. The van der Waals surface area contributed by atoms with Crippen molar-refractivity contribution in [2.24, 2.45) is 10.4 Å². The van der Waals surface area contributed by atoms with Gasteiger partial charge in [-0.3, -0.25) is 9.79 Å². The number of nitrogens with zero attached hydrogens (tertiary/aromatic N) is 1. The molecule has 4 rings (SSSR count). The van der Waals surface area contributed by atoms with Crippen LogP contribution in [0.1, 0.15) is 6.42 Å². The smallest absolute Gasteiger partial charge is 0.326 e. The van der Waals surface area contributed by atoms with Crippen molar-refractivity contribution in [3.05, 3.63) is 96.2 Å². The third-order valence-electron chi connectivity index (χ3n) is 6.23. The average molecular weight is 616 g/mol. The molecule has 3 atom stereocenters. The summed E-state index contributed by atoms with van der Waals surface area (Å²) in [6.45, 7) is 0. The van der Waals surface area contributed by atoms with E-state index in [1.807, 2.05) is 0 Å². The molecule has 0 radical (unpaired) electrons. The number of halogens is 2. The molecule has 0 fully saturated rings. The number of carbonyl (C=O) groups is 3. The largest absolute Gasteiger partial charge is 0.480 e. The summed E-state index contributed by atoms with van der Waals surface area (Å²) in [5.74, 6) is -2.29. The van der Waals surface area contributed by atoms with Crippen molar-refractivity contribution in [2.75, 3.05) is 5.32 Å². The summed E-state index contributed by atoms with van der Waals surface area (Å²) < 4.78 is 31.9. The number of ether oxygens (including phenoxy) is 1. The zero-order valence-electron chi connectivity index (χ0n) is 21.1. The van der Waals surface area contributed by atoms with E-state index in [2.05, 4.69) is 15.6 Å². The van der Waals surface area contributed by atoms with Crippen molar-refractivity contribution < 1.29 is 32.6 Å². The molecule has 13 heteroatoms. The first-order chi connectivity index (χ1) is 19.6. The van der Waals surface area contributed by atoms with E-state index in [4.69, 9.17) is 27.9 Å². The van der Waals surface area contributed by atoms with Crippen LogP contribution >= 0.6 is 23.2 Å². The van der Waals surface area contributed by atoms with Gasteiger partial charge in [-0.15, -0.1) is 11.6 Å². The van der Waals surface area contributed by atoms with E-state index in [1.165, 1.54) is 54.7 Å². The number of aliphatic imine (C=N–C) groups is 1. The van der Waals surface area contributed by atoms with Crippen molar-refractivity contribution in [3.63, 3.8) is 0 Å². The van der Waals surface area contributed by atoms with Gasteiger partial charge in [0.25, 0.3) is 0 Å². The maximum absolute atomic E-state index is 13.5. The van der Waals surface area contributed by atoms with Gasteiger partial charge in [0.05, 0.1) is 25.9 Å². The number of rotatable bonds is 9. The minimum absolute atomic E-state index is 0.00508. The normalized spacial score (nSPS) is 19.0. The van der Waals surface area contributed by atoms with Gasteiger partial charge in [0.15, 0.2) is 0 Å². The lowest BCUT2D eigenvalue weighted by Crippen LogP contribution is -2.53. The van der Waals surface area contributed by atoms with Crippen LogP contribution in [-0.4, -0.2) is 49.1 Å². The highest BCUT2D eigenvalue weighted by Crippen LogP contribution is 2.44. The van der Waals surface area contributed by atoms with Crippen molar-refractivity contribution in [1.82, 2.24) is 5.32 Å². The quantitative estimate of drug-likeness (QED) is 0.177. The number of alkyl halides is 1. The molecule has 2 unspecified atom stereocenters. The molecule has 0 saturated carbocycles. The highest BCUT2D eigenvalue weighted by atomic mass is 35.5. The minimum atomic E-state index is -4.03. The van der Waals surface area contributed by atoms with Crippen LogP contribution in [0.3, 0.4) is 0 Å². The summed E-state index contributed by atoms with van der Waals surface area (Å²) >= 11 is 12.9. The maximum atomic E-state index is 13.5. The number of sulfone groups is 1. The van der Waals surface area contributed by atoms with Crippen molar-refractivity contribution in [1.29, 1.82) is 0 Å². The minimum Gasteiger partial charge on any atom is -0.480 e. The van der Waals surface area contributed by atoms with E-state index in [0.717, 1.165) is 6.20 Å². The Balaban J connectivity index is 1.60. The van der Waals surface area contributed by atoms with Gasteiger partial charge in [0.1, 0.15) is 17.2 Å². The van der Waals surface area contributed by atoms with Crippen LogP contribution in [0.15, 0.2) is 111 Å². The Morgan fingerprint density at radius 2 is 1.59 bits per heavy atom. The summed E-state index contributed by atoms with van der Waals surface area (Å²) in [5.41, 5.74) is -2.01. The summed E-state index contributed by atoms with van der Waals surface area (Å²) in [5, 5.41) is 13.2. The topological polar surface area (TPSA) is 151 Å². The molecule has 3 aromatic carbocycles. The fourth-order valence-electron chi connectivity index (χ4n) is 4.12. The summed E-state index contributed by atoms with van der Waals surface area (Å²) in [7, 11) is -4.03. The second kappa shape index (κ2) is 12.5. The van der Waals surface area contributed by atoms with E-state index in [0.29, 0.717) is 0 Å². The Morgan fingerprint density at radius 1 is 0.976 bits per heavy atom. The number of carbonyl (C=O) groups excluding carboxylic acids is 2. The molecular formula is C28H23Cl2N3O7S. The Bertz CT molecular complexity index is 1620. The first kappa shape index (κ1) is 29.8. The second-order valence-corrected chi connectivity index (χ2v) is 11.7. The Hall–Kier alpha value is -4.19. The van der Waals surface area contributed by atoms with Crippen LogP contribution in [0.25, 0.3) is 0 Å². The van der Waals surface area contributed by atoms with E-state index in [1.54, 1.807) is 36.4 Å². The Morgan fingerprint density at radius 3 is 2.22 bits per heavy atom. The van der Waals surface area contributed by atoms with Crippen LogP contribution < -0.4 is 15.4 Å². The van der Waals surface area contributed by atoms with Crippen LogP contribution in [-0.2, 0) is 19.4 Å². The van der Waals surface area contributed by atoms with Gasteiger partial charge in [0.2, 0.25) is 9.84 Å². The van der Waals surface area contributed by atoms with Crippen LogP contribution in [0.4, 0.5) is 10.5 Å². The molecule has 212 valence electrons. The molecule has 0 saturated heterocycles. The molecule has 1 aliphatic heterocycles. The molecule has 3 aromatic rings. The predicted molar refractivity (Wildman–Crippen MR) is 153 cm³/mol. The van der Waals surface area contributed by atoms with E-state index >= 15 is 0 Å². The van der Waals surface area contributed by atoms with E-state index in [-0.39, 0.29) is 26.3 Å². The zero-order valence-corrected chi connectivity index (χ0v) is 23.4. The average Bonchev–Trinajstić information content (AvgIpc) is 2.95. The summed E-state index contributed by atoms with van der Waals surface area (Å²) in [6.07, 6.45) is 1.75. The number of nitrogens with one attached hydrogen (secondary N) is 2. The lowest BCUT2D eigenvalue weighted by Gasteiger charge is -2.36. The molecule has 0 aromatic heterocycles. The van der Waals surface area contributed by atoms with E-state index in [9.17, 15) is 27.9 Å². The number of carboxylic acids is 1. The number of carboxylic acid groups (broad SMARTS) is 1. The van der Waals surface area contributed by atoms with Crippen LogP contribution in [0.5, 0.6) is 5.75 Å². The van der Waals surface area contributed by atoms with Crippen molar-refractivity contribution in [3.8, 4) is 5.75 Å². The van der Waals surface area contributed by atoms with Crippen molar-refractivity contribution >= 4 is 62.9 Å². The third-order valence-corrected chi connectivity index (χ3v) is 8.98. The lowest BCUT2D eigenvalue weighted by atomic mass is 9.77. The fraction of sp³-hybridized carbons (Fsp3) is 0.143. The predicted octanol–water partition coefficient (Wildman–Crippen LogP) is 4.85. The summed E-state index contributed by atoms with van der Waals surface area (Å²) in [6, 6.07) is 18.5. The molecular weight excluding hydrogens is 593 g/mol. The summed E-state index contributed by atoms with van der Waals surface area (Å²) in [4.78, 5) is 42.4. The lowest BCUT2D eigenvalue weighted by molar-refractivity contribution is -0.145. The number of hydrogen-bond acceptors (Lipinski definition) is 7. The molecule has 0 bridgehead atoms. The molecule has 0 spiro atoms. The third kappa shape index (κ3) is 6.43. The number of hydrogen-bond donors (Lipinski definition) is 3. The van der Waals surface area contributed by atoms with Gasteiger partial charge < -0.3 is 20.5 Å². The Kier molecular flexibility index (Phi) is 9.11. The first-order valence-corrected chi connectivity index (χ1v) is 14.4. The highest BCUT2D eigenvalue weighted by molar-refractivity contribution is 7.91. The van der Waals surface area contributed by atoms with E-state index < -0.39 is 51.1 Å². The SMILES string of the molecule is O=C(Nc1ccccc1S(=O)(=O)c1ccccc1)N[C@@H](CC1(C(=O)Oc2ccccc2)C(Cl)=CN=CC1Cl)C(=O)O. The number of aliphatic carboxylic acids is 1. The fourth-order valence-corrected chi connectivity index (χ4v) is 6.30. The van der Waals surface area contributed by atoms with Crippen LogP contribution in [0, 0.1) is 5.41 Å². The second-order valence-electron chi connectivity index (χ2n) is 8.86. The number of esters is 1. The molecule has 1 aliphatic rings. The van der Waals surface area contributed by atoms with Gasteiger partial charge in [-0.1, -0.05) is 60.1 Å². The van der Waals surface area contributed by atoms with Gasteiger partial charge in [-0.2, -0.15) is 0 Å². The van der Waals surface area contributed by atoms with Crippen molar-refractivity contribution in [2.45, 2.75) is 27.6 Å². The monoisotopic (exact) mass is 615 g/mol. The molecule has 1 heterocycles. The molecule has 2 amide bonds. The van der Waals surface area contributed by atoms with Gasteiger partial charge >= 0.3 is 18.0 Å². The number of para-hydroxylation sites is 2. The van der Waals surface area contributed by atoms with Gasteiger partial charge in [-0.25, -0.2) is 18.0 Å². The molecule has 41 heavy (non-hydrogen) atoms. The molecule has 0 aliphatic carbocycles. The standard InChI is InChI=1S/C28H23Cl2N3O7S/c29-23-16-31-17-24(30)28(23,26(36)40-18-9-3-1-4-10-18)15-21(25(34)35)33-27(37)32-20-13-7-8-14-22(20)41(38,39)19-11-5-2-6-12-19/h1-14,16-17,21,23H,15H2,(H,34,35)(H2,32,33,37)/t21-,23?,28?/m0/s1. The first-order valence-electron chi connectivity index (χ1n) is 12.1. The number of amides is 2. The highest BCUT2D eigenvalue weighted by Gasteiger charge is 2.53.